The molecule has 4 nitrogen and oxygen atoms in total. The van der Waals surface area contributed by atoms with Gasteiger partial charge in [-0.2, -0.15) is 0 Å². The Morgan fingerprint density at radius 1 is 1.58 bits per heavy atom. The van der Waals surface area contributed by atoms with Gasteiger partial charge in [-0.15, -0.1) is 0 Å². The average molecular weight is 265 g/mol. The van der Waals surface area contributed by atoms with E-state index in [2.05, 4.69) is 10.2 Å². The molecule has 1 aliphatic rings. The van der Waals surface area contributed by atoms with Crippen molar-refractivity contribution in [3.63, 3.8) is 0 Å². The van der Waals surface area contributed by atoms with Crippen molar-refractivity contribution in [1.29, 1.82) is 0 Å². The summed E-state index contributed by atoms with van der Waals surface area (Å²) in [5.41, 5.74) is 5.92. The number of carbonyl (C=O) groups is 1. The molecule has 2 rings (SSSR count). The van der Waals surface area contributed by atoms with Crippen molar-refractivity contribution >= 4 is 5.91 Å². The molecular formula is C14H20FN3O. The first kappa shape index (κ1) is 14.0. The van der Waals surface area contributed by atoms with Gasteiger partial charge in [0.05, 0.1) is 0 Å². The highest BCUT2D eigenvalue weighted by Gasteiger charge is 2.16. The molecule has 19 heavy (non-hydrogen) atoms. The van der Waals surface area contributed by atoms with Crippen LogP contribution in [0.25, 0.3) is 0 Å². The fourth-order valence-electron chi connectivity index (χ4n) is 2.47. The van der Waals surface area contributed by atoms with Crippen LogP contribution in [0.15, 0.2) is 18.2 Å². The molecule has 3 N–H and O–H groups in total. The number of primary amides is 1. The molecular weight excluding hydrogens is 245 g/mol. The van der Waals surface area contributed by atoms with Crippen molar-refractivity contribution in [3.05, 3.63) is 35.1 Å². The Morgan fingerprint density at radius 2 is 2.37 bits per heavy atom. The van der Waals surface area contributed by atoms with E-state index < -0.39 is 5.91 Å². The second-order valence-electron chi connectivity index (χ2n) is 5.16. The summed E-state index contributed by atoms with van der Waals surface area (Å²) in [4.78, 5) is 13.0. The van der Waals surface area contributed by atoms with Crippen LogP contribution in [0.3, 0.4) is 0 Å². The van der Waals surface area contributed by atoms with Crippen molar-refractivity contribution in [1.82, 2.24) is 10.2 Å². The van der Waals surface area contributed by atoms with Crippen molar-refractivity contribution in [2.24, 2.45) is 5.73 Å². The predicted molar refractivity (Wildman–Crippen MR) is 72.3 cm³/mol. The number of carbonyl (C=O) groups excluding carboxylic acids is 1. The highest BCUT2D eigenvalue weighted by molar-refractivity contribution is 5.92. The monoisotopic (exact) mass is 265 g/mol. The van der Waals surface area contributed by atoms with Gasteiger partial charge >= 0.3 is 0 Å². The molecule has 0 bridgehead atoms. The van der Waals surface area contributed by atoms with Crippen LogP contribution < -0.4 is 11.1 Å². The molecule has 5 heteroatoms. The lowest BCUT2D eigenvalue weighted by atomic mass is 10.1. The number of nitrogens with one attached hydrogen (secondary N) is 1. The van der Waals surface area contributed by atoms with Crippen LogP contribution in [0.2, 0.25) is 0 Å². The second-order valence-corrected chi connectivity index (χ2v) is 5.16. The normalized spacial score (nSPS) is 19.0. The predicted octanol–water partition coefficient (Wildman–Crippen LogP) is 1.11. The lowest BCUT2D eigenvalue weighted by Crippen LogP contribution is -2.35. The zero-order valence-electron chi connectivity index (χ0n) is 11.2. The summed E-state index contributed by atoms with van der Waals surface area (Å²) in [7, 11) is 1.97. The molecule has 1 amide bonds. The maximum atomic E-state index is 13.8. The van der Waals surface area contributed by atoms with Crippen LogP contribution in [-0.4, -0.2) is 37.0 Å². The van der Waals surface area contributed by atoms with Crippen LogP contribution in [0.1, 0.15) is 28.8 Å². The van der Waals surface area contributed by atoms with E-state index in [1.807, 2.05) is 7.05 Å². The van der Waals surface area contributed by atoms with E-state index in [9.17, 15) is 9.18 Å². The summed E-state index contributed by atoms with van der Waals surface area (Å²) in [6, 6.07) is 4.91. The Morgan fingerprint density at radius 3 is 2.95 bits per heavy atom. The molecule has 0 spiro atoms. The van der Waals surface area contributed by atoms with Crippen molar-refractivity contribution in [2.75, 3.05) is 20.1 Å². The lowest BCUT2D eigenvalue weighted by molar-refractivity contribution is 0.1000. The molecule has 104 valence electrons. The van der Waals surface area contributed by atoms with E-state index in [1.165, 1.54) is 18.9 Å². The zero-order valence-corrected chi connectivity index (χ0v) is 11.2. The van der Waals surface area contributed by atoms with Gasteiger partial charge in [0.2, 0.25) is 5.91 Å². The van der Waals surface area contributed by atoms with Gasteiger partial charge in [0, 0.05) is 30.3 Å². The Bertz CT molecular complexity index is 458. The van der Waals surface area contributed by atoms with Gasteiger partial charge in [-0.25, -0.2) is 4.39 Å². The average Bonchev–Trinajstić information content (AvgIpc) is 2.84. The first-order chi connectivity index (χ1) is 9.06. The third-order valence-electron chi connectivity index (χ3n) is 3.47. The minimum atomic E-state index is -0.603. The second kappa shape index (κ2) is 6.12. The maximum absolute atomic E-state index is 13.8. The third kappa shape index (κ3) is 3.75. The summed E-state index contributed by atoms with van der Waals surface area (Å²) in [6.07, 6.45) is 2.38. The third-order valence-corrected chi connectivity index (χ3v) is 3.47. The number of hydrogen-bond acceptors (Lipinski definition) is 3. The number of benzene rings is 1. The quantitative estimate of drug-likeness (QED) is 0.838. The van der Waals surface area contributed by atoms with E-state index in [-0.39, 0.29) is 11.4 Å². The molecule has 1 aliphatic heterocycles. The van der Waals surface area contributed by atoms with Gasteiger partial charge in [-0.05, 0) is 38.6 Å². The van der Waals surface area contributed by atoms with Gasteiger partial charge < -0.3 is 16.0 Å². The minimum absolute atomic E-state index is 0.210. The molecule has 0 radical (unpaired) electrons. The number of nitrogens with two attached hydrogens (primary N) is 1. The fraction of sp³-hybridized carbons (Fsp3) is 0.500. The van der Waals surface area contributed by atoms with Gasteiger partial charge in [-0.3, -0.25) is 4.79 Å². The van der Waals surface area contributed by atoms with Crippen molar-refractivity contribution in [2.45, 2.75) is 25.4 Å². The summed E-state index contributed by atoms with van der Waals surface area (Å²) in [6.45, 7) is 2.50. The number of nitrogens with zero attached hydrogens (tertiary/aromatic N) is 1. The van der Waals surface area contributed by atoms with Crippen LogP contribution in [0.4, 0.5) is 4.39 Å². The number of hydrogen-bond donors (Lipinski definition) is 2. The van der Waals surface area contributed by atoms with E-state index >= 15 is 0 Å². The highest BCUT2D eigenvalue weighted by Crippen LogP contribution is 2.13. The van der Waals surface area contributed by atoms with Crippen molar-refractivity contribution < 1.29 is 9.18 Å². The minimum Gasteiger partial charge on any atom is -0.366 e. The smallest absolute Gasteiger partial charge is 0.248 e. The molecule has 1 aromatic carbocycles. The Balaban J connectivity index is 1.96. The number of amides is 1. The standard InChI is InChI=1S/C14H20FN3O/c1-18(9-12-3-2-6-17-12)8-11-5-4-10(14(16)19)7-13(11)15/h4-5,7,12,17H,2-3,6,8-9H2,1H3,(H2,16,19). The summed E-state index contributed by atoms with van der Waals surface area (Å²) in [5, 5.41) is 3.42. The molecule has 0 aliphatic carbocycles. The summed E-state index contributed by atoms with van der Waals surface area (Å²) >= 11 is 0. The zero-order chi connectivity index (χ0) is 13.8. The Kier molecular flexibility index (Phi) is 4.50. The van der Waals surface area contributed by atoms with Gasteiger partial charge in [0.25, 0.3) is 0 Å². The lowest BCUT2D eigenvalue weighted by Gasteiger charge is -2.21. The molecule has 1 atom stereocenters. The fourth-order valence-corrected chi connectivity index (χ4v) is 2.47. The van der Waals surface area contributed by atoms with E-state index in [0.29, 0.717) is 18.2 Å². The number of likely N-dealkylation sites (N-methyl/N-ethyl adjacent to an activating group) is 1. The van der Waals surface area contributed by atoms with Gasteiger partial charge in [0.15, 0.2) is 0 Å². The molecule has 1 aromatic rings. The van der Waals surface area contributed by atoms with Crippen LogP contribution in [-0.2, 0) is 6.54 Å². The van der Waals surface area contributed by atoms with E-state index in [0.717, 1.165) is 13.1 Å². The van der Waals surface area contributed by atoms with Crippen LogP contribution >= 0.6 is 0 Å². The summed E-state index contributed by atoms with van der Waals surface area (Å²) in [5.74, 6) is -0.975. The van der Waals surface area contributed by atoms with Crippen LogP contribution in [0, 0.1) is 5.82 Å². The number of halogens is 1. The van der Waals surface area contributed by atoms with E-state index in [4.69, 9.17) is 5.73 Å². The molecule has 1 saturated heterocycles. The molecule has 0 saturated carbocycles. The summed E-state index contributed by atoms with van der Waals surface area (Å²) < 4.78 is 13.8. The number of rotatable bonds is 5. The van der Waals surface area contributed by atoms with Gasteiger partial charge in [-0.1, -0.05) is 6.07 Å². The van der Waals surface area contributed by atoms with Gasteiger partial charge in [0.1, 0.15) is 5.82 Å². The van der Waals surface area contributed by atoms with E-state index in [1.54, 1.807) is 12.1 Å². The molecule has 1 heterocycles. The molecule has 0 aromatic heterocycles. The Labute approximate surface area is 112 Å². The largest absolute Gasteiger partial charge is 0.366 e. The SMILES string of the molecule is CN(Cc1ccc(C(N)=O)cc1F)CC1CCCN1. The Hall–Kier alpha value is -1.46. The maximum Gasteiger partial charge on any atom is 0.248 e. The topological polar surface area (TPSA) is 58.4 Å². The van der Waals surface area contributed by atoms with Crippen molar-refractivity contribution in [3.8, 4) is 0 Å². The van der Waals surface area contributed by atoms with Crippen LogP contribution in [0.5, 0.6) is 0 Å². The first-order valence-corrected chi connectivity index (χ1v) is 6.56. The molecule has 1 fully saturated rings. The molecule has 1 unspecified atom stereocenters. The first-order valence-electron chi connectivity index (χ1n) is 6.56. The highest BCUT2D eigenvalue weighted by atomic mass is 19.1.